The van der Waals surface area contributed by atoms with Gasteiger partial charge in [-0.25, -0.2) is 0 Å². The Morgan fingerprint density at radius 2 is 1.91 bits per heavy atom. The molecule has 0 spiro atoms. The van der Waals surface area contributed by atoms with Crippen LogP contribution in [0.2, 0.25) is 0 Å². The maximum atomic E-state index is 12.2. The zero-order valence-electron chi connectivity index (χ0n) is 6.93. The van der Waals surface area contributed by atoms with Crippen LogP contribution in [0.4, 0.5) is 8.78 Å². The molecule has 0 amide bonds. The van der Waals surface area contributed by atoms with Crippen molar-refractivity contribution >= 4 is 5.84 Å². The summed E-state index contributed by atoms with van der Waals surface area (Å²) in [5, 5.41) is 0. The molecule has 0 bridgehead atoms. The van der Waals surface area contributed by atoms with Gasteiger partial charge in [0, 0.05) is 12.7 Å². The van der Waals surface area contributed by atoms with E-state index in [0.29, 0.717) is 5.70 Å². The predicted molar refractivity (Wildman–Crippen MR) is 41.7 cm³/mol. The van der Waals surface area contributed by atoms with Crippen molar-refractivity contribution in [1.82, 2.24) is 4.90 Å². The Kier molecular flexibility index (Phi) is 3.71. The van der Waals surface area contributed by atoms with Crippen LogP contribution in [0.25, 0.3) is 0 Å². The van der Waals surface area contributed by atoms with Crippen LogP contribution in [0.5, 0.6) is 0 Å². The molecular formula is C7H12F2N2. The van der Waals surface area contributed by atoms with Crippen LogP contribution in [-0.4, -0.2) is 24.3 Å². The fourth-order valence-electron chi connectivity index (χ4n) is 0.692. The highest BCUT2D eigenvalue weighted by Gasteiger charge is 2.17. The summed E-state index contributed by atoms with van der Waals surface area (Å²) in [7, 11) is 1.47. The van der Waals surface area contributed by atoms with E-state index in [1.54, 1.807) is 0 Å². The summed E-state index contributed by atoms with van der Waals surface area (Å²) in [6.07, 6.45) is 0. The second-order valence-corrected chi connectivity index (χ2v) is 2.15. The van der Waals surface area contributed by atoms with E-state index in [2.05, 4.69) is 11.6 Å². The average Bonchev–Trinajstić information content (AvgIpc) is 1.85. The average molecular weight is 162 g/mol. The third kappa shape index (κ3) is 2.65. The van der Waals surface area contributed by atoms with E-state index < -0.39 is 6.55 Å². The topological polar surface area (TPSA) is 15.6 Å². The highest BCUT2D eigenvalue weighted by Crippen LogP contribution is 2.10. The van der Waals surface area contributed by atoms with E-state index in [9.17, 15) is 8.78 Å². The fraction of sp³-hybridized carbons (Fsp3) is 0.571. The Balaban J connectivity index is 4.48. The van der Waals surface area contributed by atoms with Gasteiger partial charge in [0.25, 0.3) is 0 Å². The van der Waals surface area contributed by atoms with Crippen LogP contribution in [0.3, 0.4) is 0 Å². The quantitative estimate of drug-likeness (QED) is 0.345. The zero-order valence-corrected chi connectivity index (χ0v) is 6.93. The van der Waals surface area contributed by atoms with Crippen LogP contribution >= 0.6 is 0 Å². The second kappa shape index (κ2) is 4.05. The van der Waals surface area contributed by atoms with Crippen molar-refractivity contribution in [2.24, 2.45) is 4.99 Å². The fourth-order valence-corrected chi connectivity index (χ4v) is 0.692. The molecule has 0 saturated heterocycles. The number of aliphatic imine (C=N–C) groups is 1. The van der Waals surface area contributed by atoms with E-state index >= 15 is 0 Å². The van der Waals surface area contributed by atoms with Gasteiger partial charge >= 0.3 is 6.55 Å². The minimum atomic E-state index is -2.56. The number of halogens is 2. The summed E-state index contributed by atoms with van der Waals surface area (Å²) >= 11 is 0. The molecule has 0 heterocycles. The molecular weight excluding hydrogens is 150 g/mol. The zero-order chi connectivity index (χ0) is 9.02. The molecule has 0 aromatic carbocycles. The molecule has 0 saturated carbocycles. The first kappa shape index (κ1) is 10.1. The number of nitrogens with zero attached hydrogens (tertiary/aromatic N) is 2. The first-order chi connectivity index (χ1) is 5.00. The maximum Gasteiger partial charge on any atom is 0.320 e. The highest BCUT2D eigenvalue weighted by atomic mass is 19.3. The van der Waals surface area contributed by atoms with Crippen LogP contribution in [0.15, 0.2) is 17.3 Å². The molecule has 0 aliphatic rings. The Bertz CT molecular complexity index is 175. The van der Waals surface area contributed by atoms with Crippen LogP contribution in [0, 0.1) is 0 Å². The normalized spacial score (nSPS) is 12.0. The maximum absolute atomic E-state index is 12.2. The molecule has 0 N–H and O–H groups in total. The molecule has 0 aliphatic carbocycles. The number of alkyl halides is 2. The molecule has 0 aromatic heterocycles. The highest BCUT2D eigenvalue weighted by molar-refractivity contribution is 5.81. The van der Waals surface area contributed by atoms with Crippen LogP contribution in [0.1, 0.15) is 13.8 Å². The molecule has 0 rings (SSSR count). The Labute approximate surface area is 65.2 Å². The molecule has 11 heavy (non-hydrogen) atoms. The molecule has 0 fully saturated rings. The monoisotopic (exact) mass is 162 g/mol. The van der Waals surface area contributed by atoms with Gasteiger partial charge in [-0.15, -0.1) is 0 Å². The van der Waals surface area contributed by atoms with Crippen molar-refractivity contribution in [2.75, 3.05) is 7.05 Å². The summed E-state index contributed by atoms with van der Waals surface area (Å²) < 4.78 is 24.3. The van der Waals surface area contributed by atoms with Crippen molar-refractivity contribution in [3.63, 3.8) is 0 Å². The van der Waals surface area contributed by atoms with E-state index in [0.717, 1.165) is 4.90 Å². The summed E-state index contributed by atoms with van der Waals surface area (Å²) in [4.78, 5) is 4.41. The van der Waals surface area contributed by atoms with Gasteiger partial charge in [-0.05, 0) is 13.8 Å². The molecule has 64 valence electrons. The number of hydrogen-bond donors (Lipinski definition) is 0. The summed E-state index contributed by atoms with van der Waals surface area (Å²) in [6, 6.07) is 0. The molecule has 0 aliphatic heterocycles. The van der Waals surface area contributed by atoms with Crippen molar-refractivity contribution in [3.8, 4) is 0 Å². The standard InChI is InChI=1S/C7H12F2N2/c1-5(2)11(7(8)9)6(3)10-4/h7H,1H2,2-4H3. The van der Waals surface area contributed by atoms with Crippen molar-refractivity contribution in [1.29, 1.82) is 0 Å². The first-order valence-electron chi connectivity index (χ1n) is 3.17. The summed E-state index contributed by atoms with van der Waals surface area (Å²) in [6.45, 7) is 3.88. The lowest BCUT2D eigenvalue weighted by molar-refractivity contribution is 0.0420. The van der Waals surface area contributed by atoms with E-state index in [1.807, 2.05) is 0 Å². The minimum absolute atomic E-state index is 0.271. The van der Waals surface area contributed by atoms with Gasteiger partial charge in [-0.1, -0.05) is 6.58 Å². The predicted octanol–water partition coefficient (Wildman–Crippen LogP) is 2.09. The summed E-state index contributed by atoms with van der Waals surface area (Å²) in [5.41, 5.74) is 0.295. The molecule has 0 atom stereocenters. The summed E-state index contributed by atoms with van der Waals surface area (Å²) in [5.74, 6) is 0.271. The molecule has 0 aromatic rings. The minimum Gasteiger partial charge on any atom is -0.278 e. The smallest absolute Gasteiger partial charge is 0.278 e. The van der Waals surface area contributed by atoms with E-state index in [1.165, 1.54) is 20.9 Å². The molecule has 0 radical (unpaired) electrons. The largest absolute Gasteiger partial charge is 0.320 e. The van der Waals surface area contributed by atoms with Gasteiger partial charge in [0.2, 0.25) is 0 Å². The van der Waals surface area contributed by atoms with E-state index in [-0.39, 0.29) is 5.84 Å². The van der Waals surface area contributed by atoms with Gasteiger partial charge < -0.3 is 0 Å². The molecule has 4 heteroatoms. The lowest BCUT2D eigenvalue weighted by atomic mass is 10.4. The van der Waals surface area contributed by atoms with Gasteiger partial charge in [0.05, 0.1) is 0 Å². The third-order valence-electron chi connectivity index (χ3n) is 1.28. The van der Waals surface area contributed by atoms with Crippen LogP contribution < -0.4 is 0 Å². The first-order valence-corrected chi connectivity index (χ1v) is 3.17. The second-order valence-electron chi connectivity index (χ2n) is 2.15. The van der Waals surface area contributed by atoms with Crippen molar-refractivity contribution < 1.29 is 8.78 Å². The van der Waals surface area contributed by atoms with Gasteiger partial charge in [0.15, 0.2) is 0 Å². The third-order valence-corrected chi connectivity index (χ3v) is 1.28. The van der Waals surface area contributed by atoms with Gasteiger partial charge in [0.1, 0.15) is 5.84 Å². The van der Waals surface area contributed by atoms with Crippen molar-refractivity contribution in [2.45, 2.75) is 20.4 Å². The lowest BCUT2D eigenvalue weighted by Crippen LogP contribution is -2.31. The van der Waals surface area contributed by atoms with Crippen LogP contribution in [-0.2, 0) is 0 Å². The Morgan fingerprint density at radius 3 is 2.00 bits per heavy atom. The molecule has 2 nitrogen and oxygen atoms in total. The number of amidine groups is 1. The van der Waals surface area contributed by atoms with E-state index in [4.69, 9.17) is 0 Å². The number of allylic oxidation sites excluding steroid dienone is 1. The number of hydrogen-bond acceptors (Lipinski definition) is 1. The lowest BCUT2D eigenvalue weighted by Gasteiger charge is -2.22. The van der Waals surface area contributed by atoms with Gasteiger partial charge in [-0.3, -0.25) is 9.89 Å². The SMILES string of the molecule is C=C(C)N(C(C)=NC)C(F)F. The Morgan fingerprint density at radius 1 is 1.45 bits per heavy atom. The molecule has 0 unspecified atom stereocenters. The Hall–Kier alpha value is -0.930. The number of rotatable bonds is 2. The van der Waals surface area contributed by atoms with Crippen molar-refractivity contribution in [3.05, 3.63) is 12.3 Å². The van der Waals surface area contributed by atoms with Gasteiger partial charge in [-0.2, -0.15) is 8.78 Å².